The van der Waals surface area contributed by atoms with Crippen LogP contribution in [0.15, 0.2) is 0 Å². The summed E-state index contributed by atoms with van der Waals surface area (Å²) in [5, 5.41) is 11.1. The molecule has 0 aromatic heterocycles. The maximum atomic E-state index is 11.9. The van der Waals surface area contributed by atoms with Gasteiger partial charge in [-0.1, -0.05) is 11.8 Å². The van der Waals surface area contributed by atoms with E-state index < -0.39 is 30.1 Å². The molecule has 112 valence electrons. The Morgan fingerprint density at radius 1 is 1.40 bits per heavy atom. The van der Waals surface area contributed by atoms with Crippen LogP contribution in [0.1, 0.15) is 13.3 Å². The normalized spacial score (nSPS) is 21.4. The van der Waals surface area contributed by atoms with Crippen molar-refractivity contribution in [2.75, 3.05) is 19.3 Å². The summed E-state index contributed by atoms with van der Waals surface area (Å²) in [5.74, 6) is -1.74. The third-order valence-corrected chi connectivity index (χ3v) is 3.54. The quantitative estimate of drug-likeness (QED) is 0.731. The fourth-order valence-corrected chi connectivity index (χ4v) is 2.34. The number of nitrogens with zero attached hydrogens (tertiary/aromatic N) is 1. The third kappa shape index (κ3) is 4.41. The smallest absolute Gasteiger partial charge is 0.407 e. The van der Waals surface area contributed by atoms with Crippen LogP contribution in [0.25, 0.3) is 0 Å². The third-order valence-electron chi connectivity index (χ3n) is 2.74. The van der Waals surface area contributed by atoms with Crippen molar-refractivity contribution in [2.45, 2.75) is 25.5 Å². The van der Waals surface area contributed by atoms with E-state index in [-0.39, 0.29) is 23.8 Å². The van der Waals surface area contributed by atoms with Gasteiger partial charge in [0.05, 0.1) is 12.3 Å². The number of nitrogens with one attached hydrogen (secondary N) is 1. The molecule has 1 rings (SSSR count). The lowest BCUT2D eigenvalue weighted by atomic mass is 10.2. The van der Waals surface area contributed by atoms with Gasteiger partial charge in [-0.25, -0.2) is 9.59 Å². The molecule has 0 aromatic carbocycles. The molecule has 0 saturated carbocycles. The van der Waals surface area contributed by atoms with Gasteiger partial charge in [-0.05, 0) is 0 Å². The zero-order chi connectivity index (χ0) is 15.3. The number of likely N-dealkylation sites (tertiary alicyclic amines) is 1. The fraction of sp³-hybridized carbons (Fsp3) is 0.636. The standard InChI is InChI=1S/C11H16N2O6S/c1-6(14)20-5-9(15)13-4-7(19-11(18)12-2)3-8(13)10(16)17/h7-8H,3-5H2,1-2H3,(H,12,18)(H,16,17)/t7?,8-/m0/s1. The lowest BCUT2D eigenvalue weighted by molar-refractivity contribution is -0.147. The van der Waals surface area contributed by atoms with Crippen molar-refractivity contribution in [1.82, 2.24) is 10.2 Å². The van der Waals surface area contributed by atoms with Crippen molar-refractivity contribution in [2.24, 2.45) is 0 Å². The highest BCUT2D eigenvalue weighted by molar-refractivity contribution is 8.14. The summed E-state index contributed by atoms with van der Waals surface area (Å²) < 4.78 is 4.97. The van der Waals surface area contributed by atoms with Crippen molar-refractivity contribution in [1.29, 1.82) is 0 Å². The Bertz CT molecular complexity index is 427. The van der Waals surface area contributed by atoms with Gasteiger partial charge in [-0.15, -0.1) is 0 Å². The molecule has 1 heterocycles. The molecule has 2 atom stereocenters. The molecule has 0 spiro atoms. The highest BCUT2D eigenvalue weighted by atomic mass is 32.2. The van der Waals surface area contributed by atoms with E-state index in [0.29, 0.717) is 0 Å². The van der Waals surface area contributed by atoms with Crippen LogP contribution >= 0.6 is 11.8 Å². The van der Waals surface area contributed by atoms with Gasteiger partial charge in [0.2, 0.25) is 5.91 Å². The maximum Gasteiger partial charge on any atom is 0.407 e. The Kier molecular flexibility index (Phi) is 5.81. The molecule has 1 fully saturated rings. The number of amides is 2. The Hall–Kier alpha value is -1.77. The Morgan fingerprint density at radius 2 is 2.05 bits per heavy atom. The van der Waals surface area contributed by atoms with Crippen LogP contribution < -0.4 is 5.32 Å². The molecule has 1 unspecified atom stereocenters. The molecule has 1 aliphatic heterocycles. The van der Waals surface area contributed by atoms with E-state index in [2.05, 4.69) is 5.32 Å². The number of carboxylic acid groups (broad SMARTS) is 1. The van der Waals surface area contributed by atoms with E-state index in [4.69, 9.17) is 9.84 Å². The number of carbonyl (C=O) groups excluding carboxylic acids is 3. The average Bonchev–Trinajstić information content (AvgIpc) is 2.79. The minimum absolute atomic E-state index is 0.0156. The molecule has 2 N–H and O–H groups in total. The summed E-state index contributed by atoms with van der Waals surface area (Å²) >= 11 is 0.816. The first-order chi connectivity index (χ1) is 9.35. The van der Waals surface area contributed by atoms with Crippen LogP contribution in [0, 0.1) is 0 Å². The van der Waals surface area contributed by atoms with E-state index in [9.17, 15) is 19.2 Å². The van der Waals surface area contributed by atoms with Gasteiger partial charge >= 0.3 is 12.1 Å². The summed E-state index contributed by atoms with van der Waals surface area (Å²) in [6.45, 7) is 1.34. The van der Waals surface area contributed by atoms with Gasteiger partial charge in [0.1, 0.15) is 12.1 Å². The van der Waals surface area contributed by atoms with Crippen LogP contribution in [0.2, 0.25) is 0 Å². The van der Waals surface area contributed by atoms with Crippen molar-refractivity contribution in [3.63, 3.8) is 0 Å². The lowest BCUT2D eigenvalue weighted by Crippen LogP contribution is -2.41. The number of ether oxygens (including phenoxy) is 1. The molecule has 1 saturated heterocycles. The highest BCUT2D eigenvalue weighted by Gasteiger charge is 2.41. The van der Waals surface area contributed by atoms with E-state index in [1.165, 1.54) is 14.0 Å². The number of alkyl carbamates (subject to hydrolysis) is 1. The summed E-state index contributed by atoms with van der Waals surface area (Å²) in [7, 11) is 1.39. The number of hydrogen-bond donors (Lipinski definition) is 2. The van der Waals surface area contributed by atoms with E-state index in [1.54, 1.807) is 0 Å². The maximum absolute atomic E-state index is 11.9. The van der Waals surface area contributed by atoms with Crippen LogP contribution in [-0.2, 0) is 19.1 Å². The van der Waals surface area contributed by atoms with Crippen LogP contribution in [0.4, 0.5) is 4.79 Å². The van der Waals surface area contributed by atoms with Crippen LogP contribution in [0.5, 0.6) is 0 Å². The molecule has 0 bridgehead atoms. The average molecular weight is 304 g/mol. The minimum atomic E-state index is -1.16. The largest absolute Gasteiger partial charge is 0.480 e. The van der Waals surface area contributed by atoms with E-state index in [0.717, 1.165) is 16.7 Å². The number of aliphatic carboxylic acids is 1. The van der Waals surface area contributed by atoms with Gasteiger partial charge in [0.15, 0.2) is 5.12 Å². The molecule has 2 amide bonds. The monoisotopic (exact) mass is 304 g/mol. The lowest BCUT2D eigenvalue weighted by Gasteiger charge is -2.20. The first-order valence-electron chi connectivity index (χ1n) is 5.89. The van der Waals surface area contributed by atoms with Gasteiger partial charge in [0, 0.05) is 20.4 Å². The summed E-state index contributed by atoms with van der Waals surface area (Å²) in [4.78, 5) is 46.1. The molecular weight excluding hydrogens is 288 g/mol. The molecule has 0 radical (unpaired) electrons. The zero-order valence-corrected chi connectivity index (χ0v) is 11.9. The zero-order valence-electron chi connectivity index (χ0n) is 11.1. The van der Waals surface area contributed by atoms with Crippen LogP contribution in [0.3, 0.4) is 0 Å². The highest BCUT2D eigenvalue weighted by Crippen LogP contribution is 2.22. The molecular formula is C11H16N2O6S. The van der Waals surface area contributed by atoms with Crippen molar-refractivity contribution in [3.05, 3.63) is 0 Å². The molecule has 20 heavy (non-hydrogen) atoms. The SMILES string of the molecule is CNC(=O)OC1C[C@@H](C(=O)O)N(C(=O)CSC(C)=O)C1. The van der Waals surface area contributed by atoms with Gasteiger partial charge in [-0.2, -0.15) is 0 Å². The number of rotatable bonds is 4. The van der Waals surface area contributed by atoms with Crippen molar-refractivity contribution in [3.8, 4) is 0 Å². The number of thioether (sulfide) groups is 1. The summed E-state index contributed by atoms with van der Waals surface area (Å²) in [6.07, 6.45) is -1.30. The van der Waals surface area contributed by atoms with Gasteiger partial charge < -0.3 is 20.1 Å². The predicted molar refractivity (Wildman–Crippen MR) is 70.2 cm³/mol. The first-order valence-corrected chi connectivity index (χ1v) is 6.87. The molecule has 1 aliphatic rings. The summed E-state index contributed by atoms with van der Waals surface area (Å²) in [5.41, 5.74) is 0. The second-order valence-corrected chi connectivity index (χ2v) is 5.35. The molecule has 8 nitrogen and oxygen atoms in total. The summed E-state index contributed by atoms with van der Waals surface area (Å²) in [6, 6.07) is -1.04. The Labute approximate surface area is 119 Å². The second kappa shape index (κ2) is 7.13. The topological polar surface area (TPSA) is 113 Å². The first kappa shape index (κ1) is 16.3. The number of carbonyl (C=O) groups is 4. The molecule has 9 heteroatoms. The number of carboxylic acids is 1. The Morgan fingerprint density at radius 3 is 2.55 bits per heavy atom. The van der Waals surface area contributed by atoms with Crippen molar-refractivity contribution >= 4 is 34.8 Å². The van der Waals surface area contributed by atoms with Crippen LogP contribution in [-0.4, -0.2) is 64.6 Å². The van der Waals surface area contributed by atoms with E-state index >= 15 is 0 Å². The predicted octanol–water partition coefficient (Wildman–Crippen LogP) is -0.324. The molecule has 0 aliphatic carbocycles. The van der Waals surface area contributed by atoms with E-state index in [1.807, 2.05) is 0 Å². The second-order valence-electron chi connectivity index (χ2n) is 4.19. The van der Waals surface area contributed by atoms with Gasteiger partial charge in [-0.3, -0.25) is 9.59 Å². The van der Waals surface area contributed by atoms with Gasteiger partial charge in [0.25, 0.3) is 0 Å². The molecule has 0 aromatic rings. The van der Waals surface area contributed by atoms with Crippen molar-refractivity contribution < 1.29 is 29.0 Å². The fourth-order valence-electron chi connectivity index (χ4n) is 1.85. The Balaban J connectivity index is 2.67. The minimum Gasteiger partial charge on any atom is -0.480 e. The number of hydrogen-bond acceptors (Lipinski definition) is 6.